The molecule has 0 aromatic heterocycles. The standard InChI is InChI=1S/C25H32BrN3O4S/c1-3-4-5-6-15-33-22-12-11-19(17-21(22)26)24(31)29-25(34)28-20-10-7-9-18(16-20)23(30)27-13-8-14-32-2/h7,9-12,16-17H,3-6,8,13-15H2,1-2H3,(H,27,30)(H2,28,29,31,34). The van der Waals surface area contributed by atoms with Crippen LogP contribution < -0.4 is 20.7 Å². The largest absolute Gasteiger partial charge is 0.492 e. The monoisotopic (exact) mass is 549 g/mol. The third-order valence-corrected chi connectivity index (χ3v) is 5.69. The van der Waals surface area contributed by atoms with Gasteiger partial charge in [-0.25, -0.2) is 0 Å². The molecule has 0 heterocycles. The van der Waals surface area contributed by atoms with E-state index in [2.05, 4.69) is 38.8 Å². The van der Waals surface area contributed by atoms with Crippen LogP contribution in [0.3, 0.4) is 0 Å². The minimum absolute atomic E-state index is 0.134. The van der Waals surface area contributed by atoms with E-state index >= 15 is 0 Å². The van der Waals surface area contributed by atoms with Crippen molar-refractivity contribution in [1.82, 2.24) is 10.6 Å². The number of carbonyl (C=O) groups excluding carboxylic acids is 2. The highest BCUT2D eigenvalue weighted by Gasteiger charge is 2.12. The first-order valence-corrected chi connectivity index (χ1v) is 12.6. The van der Waals surface area contributed by atoms with Gasteiger partial charge in [0.25, 0.3) is 11.8 Å². The van der Waals surface area contributed by atoms with E-state index in [1.807, 2.05) is 0 Å². The predicted octanol–water partition coefficient (Wildman–Crippen LogP) is 5.30. The quantitative estimate of drug-likeness (QED) is 0.232. The molecule has 0 aliphatic rings. The lowest BCUT2D eigenvalue weighted by atomic mass is 10.2. The smallest absolute Gasteiger partial charge is 0.257 e. The van der Waals surface area contributed by atoms with Crippen LogP contribution in [0.1, 0.15) is 59.7 Å². The summed E-state index contributed by atoms with van der Waals surface area (Å²) in [5.41, 5.74) is 1.53. The normalized spacial score (nSPS) is 10.4. The first-order valence-electron chi connectivity index (χ1n) is 11.4. The summed E-state index contributed by atoms with van der Waals surface area (Å²) in [6, 6.07) is 12.1. The van der Waals surface area contributed by atoms with Crippen LogP contribution in [0, 0.1) is 0 Å². The summed E-state index contributed by atoms with van der Waals surface area (Å²) < 4.78 is 11.5. The van der Waals surface area contributed by atoms with Crippen molar-refractivity contribution in [2.75, 3.05) is 32.2 Å². The number of rotatable bonds is 13. The first-order chi connectivity index (χ1) is 16.4. The number of hydrogen-bond donors (Lipinski definition) is 3. The second-order valence-electron chi connectivity index (χ2n) is 7.65. The highest BCUT2D eigenvalue weighted by atomic mass is 79.9. The highest BCUT2D eigenvalue weighted by Crippen LogP contribution is 2.26. The molecule has 0 saturated carbocycles. The van der Waals surface area contributed by atoms with Crippen molar-refractivity contribution >= 4 is 50.8 Å². The Labute approximate surface area is 215 Å². The van der Waals surface area contributed by atoms with Gasteiger partial charge in [0.1, 0.15) is 5.75 Å². The molecule has 0 bridgehead atoms. The summed E-state index contributed by atoms with van der Waals surface area (Å²) in [6.45, 7) is 3.92. The van der Waals surface area contributed by atoms with Crippen molar-refractivity contribution in [3.05, 3.63) is 58.1 Å². The van der Waals surface area contributed by atoms with E-state index in [-0.39, 0.29) is 16.9 Å². The number of nitrogens with one attached hydrogen (secondary N) is 3. The number of halogens is 1. The Bertz CT molecular complexity index is 971. The van der Waals surface area contributed by atoms with Crippen molar-refractivity contribution < 1.29 is 19.1 Å². The van der Waals surface area contributed by atoms with Gasteiger partial charge in [-0.3, -0.25) is 14.9 Å². The van der Waals surface area contributed by atoms with Gasteiger partial charge in [-0.1, -0.05) is 32.3 Å². The van der Waals surface area contributed by atoms with E-state index < -0.39 is 0 Å². The molecule has 0 unspecified atom stereocenters. The molecule has 0 aliphatic carbocycles. The number of ether oxygens (including phenoxy) is 2. The molecule has 3 N–H and O–H groups in total. The molecular formula is C25H32BrN3O4S. The fourth-order valence-electron chi connectivity index (χ4n) is 3.07. The lowest BCUT2D eigenvalue weighted by Gasteiger charge is -2.12. The second kappa shape index (κ2) is 15.4. The van der Waals surface area contributed by atoms with Gasteiger partial charge in [0, 0.05) is 37.1 Å². The van der Waals surface area contributed by atoms with Crippen LogP contribution in [0.15, 0.2) is 46.9 Å². The molecule has 0 saturated heterocycles. The van der Waals surface area contributed by atoms with Gasteiger partial charge in [-0.15, -0.1) is 0 Å². The number of anilines is 1. The number of benzene rings is 2. The molecule has 0 spiro atoms. The fraction of sp³-hybridized carbons (Fsp3) is 0.400. The van der Waals surface area contributed by atoms with Crippen LogP contribution in [0.2, 0.25) is 0 Å². The average molecular weight is 551 g/mol. The number of unbranched alkanes of at least 4 members (excludes halogenated alkanes) is 3. The van der Waals surface area contributed by atoms with Gasteiger partial charge in [0.05, 0.1) is 11.1 Å². The van der Waals surface area contributed by atoms with Crippen molar-refractivity contribution in [2.45, 2.75) is 39.0 Å². The lowest BCUT2D eigenvalue weighted by Crippen LogP contribution is -2.34. The van der Waals surface area contributed by atoms with E-state index in [0.29, 0.717) is 46.8 Å². The maximum Gasteiger partial charge on any atom is 0.257 e. The minimum atomic E-state index is -0.347. The van der Waals surface area contributed by atoms with Crippen LogP contribution in [0.25, 0.3) is 0 Å². The van der Waals surface area contributed by atoms with E-state index in [0.717, 1.165) is 19.3 Å². The number of amides is 2. The summed E-state index contributed by atoms with van der Waals surface area (Å²) in [7, 11) is 1.62. The maximum atomic E-state index is 12.6. The van der Waals surface area contributed by atoms with E-state index in [4.69, 9.17) is 21.7 Å². The van der Waals surface area contributed by atoms with Crippen LogP contribution in [-0.4, -0.2) is 43.8 Å². The van der Waals surface area contributed by atoms with E-state index in [1.54, 1.807) is 49.6 Å². The van der Waals surface area contributed by atoms with Crippen LogP contribution in [0.5, 0.6) is 5.75 Å². The molecule has 2 aromatic rings. The van der Waals surface area contributed by atoms with E-state index in [1.165, 1.54) is 12.8 Å². The van der Waals surface area contributed by atoms with Gasteiger partial charge in [0.2, 0.25) is 0 Å². The summed E-state index contributed by atoms with van der Waals surface area (Å²) in [6.07, 6.45) is 5.25. The average Bonchev–Trinajstić information content (AvgIpc) is 2.82. The Balaban J connectivity index is 1.87. The molecule has 7 nitrogen and oxygen atoms in total. The molecule has 184 valence electrons. The van der Waals surface area contributed by atoms with Crippen molar-refractivity contribution in [3.63, 3.8) is 0 Å². The molecular weight excluding hydrogens is 518 g/mol. The minimum Gasteiger partial charge on any atom is -0.492 e. The summed E-state index contributed by atoms with van der Waals surface area (Å²) in [5, 5.41) is 8.58. The molecule has 2 aromatic carbocycles. The number of hydrogen-bond acceptors (Lipinski definition) is 5. The third-order valence-electron chi connectivity index (χ3n) is 4.87. The molecule has 2 rings (SSSR count). The van der Waals surface area contributed by atoms with Gasteiger partial charge in [0.15, 0.2) is 5.11 Å². The number of thiocarbonyl (C=S) groups is 1. The Morgan fingerprint density at radius 1 is 0.971 bits per heavy atom. The molecule has 0 radical (unpaired) electrons. The van der Waals surface area contributed by atoms with Crippen LogP contribution >= 0.6 is 28.1 Å². The van der Waals surface area contributed by atoms with Crippen molar-refractivity contribution in [3.8, 4) is 5.75 Å². The van der Waals surface area contributed by atoms with Gasteiger partial charge in [-0.2, -0.15) is 0 Å². The molecule has 0 atom stereocenters. The topological polar surface area (TPSA) is 88.7 Å². The van der Waals surface area contributed by atoms with Crippen LogP contribution in [-0.2, 0) is 4.74 Å². The second-order valence-corrected chi connectivity index (χ2v) is 8.91. The maximum absolute atomic E-state index is 12.6. The molecule has 34 heavy (non-hydrogen) atoms. The first kappa shape index (κ1) is 27.8. The lowest BCUT2D eigenvalue weighted by molar-refractivity contribution is 0.0946. The molecule has 9 heteroatoms. The zero-order valence-electron chi connectivity index (χ0n) is 19.6. The third kappa shape index (κ3) is 9.79. The van der Waals surface area contributed by atoms with Gasteiger partial charge >= 0.3 is 0 Å². The SMILES string of the molecule is CCCCCCOc1ccc(C(=O)NC(=S)Nc2cccc(C(=O)NCCCOC)c2)cc1Br. The molecule has 0 fully saturated rings. The summed E-state index contributed by atoms with van der Waals surface area (Å²) >= 11 is 8.75. The Morgan fingerprint density at radius 3 is 2.50 bits per heavy atom. The van der Waals surface area contributed by atoms with Gasteiger partial charge in [-0.05, 0) is 77.4 Å². The van der Waals surface area contributed by atoms with Crippen LogP contribution in [0.4, 0.5) is 5.69 Å². The highest BCUT2D eigenvalue weighted by molar-refractivity contribution is 9.10. The number of methoxy groups -OCH3 is 1. The van der Waals surface area contributed by atoms with Crippen molar-refractivity contribution in [2.24, 2.45) is 0 Å². The Kier molecular flexibility index (Phi) is 12.6. The number of carbonyl (C=O) groups is 2. The van der Waals surface area contributed by atoms with Gasteiger partial charge < -0.3 is 20.1 Å². The Morgan fingerprint density at radius 2 is 1.76 bits per heavy atom. The van der Waals surface area contributed by atoms with Crippen molar-refractivity contribution in [1.29, 1.82) is 0 Å². The zero-order valence-corrected chi connectivity index (χ0v) is 22.0. The summed E-state index contributed by atoms with van der Waals surface area (Å²) in [4.78, 5) is 24.9. The summed E-state index contributed by atoms with van der Waals surface area (Å²) in [5.74, 6) is 0.165. The molecule has 2 amide bonds. The van der Waals surface area contributed by atoms with E-state index in [9.17, 15) is 9.59 Å². The Hall–Kier alpha value is -2.49. The fourth-order valence-corrected chi connectivity index (χ4v) is 3.77. The zero-order chi connectivity index (χ0) is 24.8. The predicted molar refractivity (Wildman–Crippen MR) is 143 cm³/mol. The molecule has 0 aliphatic heterocycles.